The lowest BCUT2D eigenvalue weighted by Gasteiger charge is -2.27. The van der Waals surface area contributed by atoms with Crippen molar-refractivity contribution in [3.63, 3.8) is 0 Å². The molecule has 2 aliphatic rings. The van der Waals surface area contributed by atoms with Gasteiger partial charge in [0.15, 0.2) is 0 Å². The molecule has 2 saturated heterocycles. The normalized spacial score (nSPS) is 27.1. The van der Waals surface area contributed by atoms with Crippen LogP contribution in [-0.4, -0.2) is 47.3 Å². The Morgan fingerprint density at radius 2 is 2.12 bits per heavy atom. The zero-order valence-corrected chi connectivity index (χ0v) is 10.8. The third-order valence-corrected chi connectivity index (χ3v) is 3.99. The SMILES string of the molecule is CCC(C)CN1CCC(=O)N2CCCC2C1=O. The molecule has 0 N–H and O–H groups in total. The molecule has 2 rings (SSSR count). The van der Waals surface area contributed by atoms with Gasteiger partial charge in [0.2, 0.25) is 11.8 Å². The van der Waals surface area contributed by atoms with E-state index in [1.54, 1.807) is 4.90 Å². The molecule has 2 aliphatic heterocycles. The van der Waals surface area contributed by atoms with E-state index in [9.17, 15) is 9.59 Å². The molecule has 2 fully saturated rings. The van der Waals surface area contributed by atoms with Crippen molar-refractivity contribution in [1.29, 1.82) is 0 Å². The molecule has 2 unspecified atom stereocenters. The summed E-state index contributed by atoms with van der Waals surface area (Å²) >= 11 is 0. The van der Waals surface area contributed by atoms with E-state index in [0.717, 1.165) is 32.4 Å². The molecule has 0 aliphatic carbocycles. The Labute approximate surface area is 103 Å². The van der Waals surface area contributed by atoms with Crippen LogP contribution >= 0.6 is 0 Å². The molecule has 0 saturated carbocycles. The van der Waals surface area contributed by atoms with Crippen molar-refractivity contribution in [2.75, 3.05) is 19.6 Å². The highest BCUT2D eigenvalue weighted by Crippen LogP contribution is 2.24. The summed E-state index contributed by atoms with van der Waals surface area (Å²) < 4.78 is 0. The fraction of sp³-hybridized carbons (Fsp3) is 0.846. The summed E-state index contributed by atoms with van der Waals surface area (Å²) in [7, 11) is 0. The van der Waals surface area contributed by atoms with Crippen LogP contribution in [0.4, 0.5) is 0 Å². The second kappa shape index (κ2) is 5.07. The van der Waals surface area contributed by atoms with Gasteiger partial charge in [-0.2, -0.15) is 0 Å². The van der Waals surface area contributed by atoms with Gasteiger partial charge in [-0.3, -0.25) is 9.59 Å². The van der Waals surface area contributed by atoms with Crippen molar-refractivity contribution in [2.45, 2.75) is 45.6 Å². The Morgan fingerprint density at radius 3 is 2.82 bits per heavy atom. The Morgan fingerprint density at radius 1 is 1.35 bits per heavy atom. The molecule has 0 radical (unpaired) electrons. The van der Waals surface area contributed by atoms with Crippen LogP contribution in [0.1, 0.15) is 39.5 Å². The smallest absolute Gasteiger partial charge is 0.245 e. The number of hydrogen-bond donors (Lipinski definition) is 0. The third kappa shape index (κ3) is 2.45. The maximum absolute atomic E-state index is 12.4. The molecule has 2 atom stereocenters. The molecular formula is C13H22N2O2. The zero-order valence-electron chi connectivity index (χ0n) is 10.8. The van der Waals surface area contributed by atoms with Gasteiger partial charge in [-0.15, -0.1) is 0 Å². The Bertz CT molecular complexity index is 317. The van der Waals surface area contributed by atoms with Crippen LogP contribution in [0.15, 0.2) is 0 Å². The van der Waals surface area contributed by atoms with E-state index < -0.39 is 0 Å². The summed E-state index contributed by atoms with van der Waals surface area (Å²) in [5, 5.41) is 0. The summed E-state index contributed by atoms with van der Waals surface area (Å²) in [5.74, 6) is 0.850. The first-order valence-electron chi connectivity index (χ1n) is 6.71. The fourth-order valence-electron chi connectivity index (χ4n) is 2.70. The molecule has 2 heterocycles. The van der Waals surface area contributed by atoms with Crippen molar-refractivity contribution in [3.05, 3.63) is 0 Å². The lowest BCUT2D eigenvalue weighted by molar-refractivity contribution is -0.139. The Hall–Kier alpha value is -1.06. The lowest BCUT2D eigenvalue weighted by atomic mass is 10.1. The molecule has 4 heteroatoms. The molecule has 4 nitrogen and oxygen atoms in total. The summed E-state index contributed by atoms with van der Waals surface area (Å²) in [6.07, 6.45) is 3.39. The highest BCUT2D eigenvalue weighted by molar-refractivity contribution is 5.90. The minimum atomic E-state index is -0.158. The molecule has 0 aromatic heterocycles. The number of amides is 2. The van der Waals surface area contributed by atoms with Gasteiger partial charge in [0.25, 0.3) is 0 Å². The number of rotatable bonds is 3. The summed E-state index contributed by atoms with van der Waals surface area (Å²) in [6, 6.07) is -0.158. The van der Waals surface area contributed by atoms with Crippen LogP contribution in [0.5, 0.6) is 0 Å². The van der Waals surface area contributed by atoms with Crippen LogP contribution in [-0.2, 0) is 9.59 Å². The monoisotopic (exact) mass is 238 g/mol. The number of carbonyl (C=O) groups is 2. The van der Waals surface area contributed by atoms with Crippen LogP contribution < -0.4 is 0 Å². The maximum Gasteiger partial charge on any atom is 0.245 e. The van der Waals surface area contributed by atoms with E-state index in [0.29, 0.717) is 18.9 Å². The van der Waals surface area contributed by atoms with E-state index >= 15 is 0 Å². The van der Waals surface area contributed by atoms with Gasteiger partial charge in [0.1, 0.15) is 6.04 Å². The lowest BCUT2D eigenvalue weighted by Crippen LogP contribution is -2.44. The molecule has 0 aromatic rings. The second-order valence-corrected chi connectivity index (χ2v) is 5.29. The maximum atomic E-state index is 12.4. The molecule has 0 bridgehead atoms. The van der Waals surface area contributed by atoms with Gasteiger partial charge in [-0.25, -0.2) is 0 Å². The van der Waals surface area contributed by atoms with Crippen LogP contribution in [0.25, 0.3) is 0 Å². The van der Waals surface area contributed by atoms with Gasteiger partial charge in [-0.05, 0) is 18.8 Å². The Kier molecular flexibility index (Phi) is 3.69. The minimum Gasteiger partial charge on any atom is -0.340 e. The molecule has 0 aromatic carbocycles. The molecule has 17 heavy (non-hydrogen) atoms. The van der Waals surface area contributed by atoms with Gasteiger partial charge in [0.05, 0.1) is 0 Å². The predicted octanol–water partition coefficient (Wildman–Crippen LogP) is 1.26. The molecule has 96 valence electrons. The highest BCUT2D eigenvalue weighted by Gasteiger charge is 2.39. The van der Waals surface area contributed by atoms with Gasteiger partial charge in [0, 0.05) is 26.1 Å². The summed E-state index contributed by atoms with van der Waals surface area (Å²) in [4.78, 5) is 27.9. The van der Waals surface area contributed by atoms with Crippen molar-refractivity contribution < 1.29 is 9.59 Å². The standard InChI is InChI=1S/C13H22N2O2/c1-3-10(2)9-14-8-6-12(16)15-7-4-5-11(15)13(14)17/h10-11H,3-9H2,1-2H3. The van der Waals surface area contributed by atoms with E-state index in [1.807, 2.05) is 4.90 Å². The minimum absolute atomic E-state index is 0.158. The molecular weight excluding hydrogens is 216 g/mol. The first-order valence-corrected chi connectivity index (χ1v) is 6.71. The average Bonchev–Trinajstić information content (AvgIpc) is 2.78. The first kappa shape index (κ1) is 12.4. The van der Waals surface area contributed by atoms with Crippen LogP contribution in [0.3, 0.4) is 0 Å². The largest absolute Gasteiger partial charge is 0.340 e. The highest BCUT2D eigenvalue weighted by atomic mass is 16.2. The Balaban J connectivity index is 2.09. The number of carbonyl (C=O) groups excluding carboxylic acids is 2. The van der Waals surface area contributed by atoms with Crippen LogP contribution in [0.2, 0.25) is 0 Å². The first-order chi connectivity index (χ1) is 8.13. The van der Waals surface area contributed by atoms with Crippen molar-refractivity contribution in [3.8, 4) is 0 Å². The topological polar surface area (TPSA) is 40.6 Å². The molecule has 2 amide bonds. The van der Waals surface area contributed by atoms with E-state index in [4.69, 9.17) is 0 Å². The van der Waals surface area contributed by atoms with E-state index in [-0.39, 0.29) is 17.9 Å². The van der Waals surface area contributed by atoms with Gasteiger partial charge in [-0.1, -0.05) is 20.3 Å². The van der Waals surface area contributed by atoms with Crippen molar-refractivity contribution in [2.24, 2.45) is 5.92 Å². The predicted molar refractivity (Wildman–Crippen MR) is 65.4 cm³/mol. The van der Waals surface area contributed by atoms with Crippen LogP contribution in [0, 0.1) is 5.92 Å². The molecule has 0 spiro atoms. The van der Waals surface area contributed by atoms with E-state index in [2.05, 4.69) is 13.8 Å². The zero-order chi connectivity index (χ0) is 12.4. The number of fused-ring (bicyclic) bond motifs is 1. The number of hydrogen-bond acceptors (Lipinski definition) is 2. The van der Waals surface area contributed by atoms with Crippen molar-refractivity contribution >= 4 is 11.8 Å². The average molecular weight is 238 g/mol. The second-order valence-electron chi connectivity index (χ2n) is 5.29. The van der Waals surface area contributed by atoms with Gasteiger partial charge < -0.3 is 9.80 Å². The summed E-state index contributed by atoms with van der Waals surface area (Å²) in [6.45, 7) is 6.47. The van der Waals surface area contributed by atoms with Gasteiger partial charge >= 0.3 is 0 Å². The van der Waals surface area contributed by atoms with E-state index in [1.165, 1.54) is 0 Å². The fourth-order valence-corrected chi connectivity index (χ4v) is 2.70. The summed E-state index contributed by atoms with van der Waals surface area (Å²) in [5.41, 5.74) is 0. The number of nitrogens with zero attached hydrogens (tertiary/aromatic N) is 2. The quantitative estimate of drug-likeness (QED) is 0.742. The van der Waals surface area contributed by atoms with Crippen molar-refractivity contribution in [1.82, 2.24) is 9.80 Å². The third-order valence-electron chi connectivity index (χ3n) is 3.99.